The maximum absolute atomic E-state index is 8.63. The molecule has 4 heteroatoms. The third-order valence-corrected chi connectivity index (χ3v) is 8.18. The minimum atomic E-state index is -0.443. The van der Waals surface area contributed by atoms with Gasteiger partial charge in [0.1, 0.15) is 11.2 Å². The molecule has 0 fully saturated rings. The molecular weight excluding hydrogens is 550 g/mol. The van der Waals surface area contributed by atoms with E-state index in [0.717, 1.165) is 38.1 Å². The van der Waals surface area contributed by atoms with Crippen LogP contribution in [0.3, 0.4) is 0 Å². The molecule has 0 aliphatic heterocycles. The molecule has 0 aliphatic carbocycles. The van der Waals surface area contributed by atoms with Crippen LogP contribution >= 0.6 is 0 Å². The molecule has 2 aromatic heterocycles. The highest BCUT2D eigenvalue weighted by Gasteiger charge is 2.19. The molecule has 0 saturated heterocycles. The first-order valence-corrected chi connectivity index (χ1v) is 14.6. The lowest BCUT2D eigenvalue weighted by molar-refractivity contribution is 0.670. The quantitative estimate of drug-likeness (QED) is 0.208. The Balaban J connectivity index is 1.30. The van der Waals surface area contributed by atoms with Gasteiger partial charge in [-0.15, -0.1) is 0 Å². The van der Waals surface area contributed by atoms with Gasteiger partial charge >= 0.3 is 0 Å². The van der Waals surface area contributed by atoms with Crippen LogP contribution in [0, 0.1) is 0 Å². The molecule has 210 valence electrons. The Morgan fingerprint density at radius 3 is 1.71 bits per heavy atom. The average Bonchev–Trinajstić information content (AvgIpc) is 3.55. The van der Waals surface area contributed by atoms with Gasteiger partial charge in [0.2, 0.25) is 0 Å². The van der Waals surface area contributed by atoms with E-state index in [9.17, 15) is 0 Å². The summed E-state index contributed by atoms with van der Waals surface area (Å²) in [4.78, 5) is 15.1. The molecule has 7 aromatic carbocycles. The highest BCUT2D eigenvalue weighted by Crippen LogP contribution is 2.40. The topological polar surface area (TPSA) is 51.8 Å². The van der Waals surface area contributed by atoms with E-state index >= 15 is 0 Å². The van der Waals surface area contributed by atoms with Crippen molar-refractivity contribution in [3.05, 3.63) is 152 Å². The van der Waals surface area contributed by atoms with Crippen LogP contribution in [0.4, 0.5) is 0 Å². The van der Waals surface area contributed by atoms with Crippen LogP contribution in [0.1, 0.15) is 6.85 Å². The molecule has 0 saturated carbocycles. The highest BCUT2D eigenvalue weighted by molar-refractivity contribution is 6.15. The number of aromatic nitrogens is 3. The van der Waals surface area contributed by atoms with Gasteiger partial charge < -0.3 is 4.42 Å². The molecule has 45 heavy (non-hydrogen) atoms. The van der Waals surface area contributed by atoms with Gasteiger partial charge in [-0.1, -0.05) is 133 Å². The van der Waals surface area contributed by atoms with Crippen molar-refractivity contribution in [3.8, 4) is 45.3 Å². The molecular formula is C41H25N3O. The number of rotatable bonds is 4. The Morgan fingerprint density at radius 2 is 1.04 bits per heavy atom. The molecule has 0 spiro atoms. The number of hydrogen-bond acceptors (Lipinski definition) is 4. The van der Waals surface area contributed by atoms with Gasteiger partial charge in [-0.25, -0.2) is 15.0 Å². The van der Waals surface area contributed by atoms with Gasteiger partial charge in [-0.2, -0.15) is 0 Å². The third-order valence-electron chi connectivity index (χ3n) is 8.18. The molecule has 9 rings (SSSR count). The first-order chi connectivity index (χ1) is 24.4. The lowest BCUT2D eigenvalue weighted by atomic mass is 10.0. The number of fused-ring (bicyclic) bond motifs is 5. The molecule has 0 amide bonds. The second-order valence-electron chi connectivity index (χ2n) is 10.9. The molecule has 0 radical (unpaired) electrons. The number of furan rings is 1. The smallest absolute Gasteiger partial charge is 0.164 e. The second-order valence-corrected chi connectivity index (χ2v) is 10.9. The fourth-order valence-electron chi connectivity index (χ4n) is 6.03. The maximum Gasteiger partial charge on any atom is 0.164 e. The zero-order chi connectivity index (χ0) is 34.1. The van der Waals surface area contributed by atoms with Crippen molar-refractivity contribution in [2.24, 2.45) is 0 Å². The molecule has 9 aromatic rings. The Kier molecular flexibility index (Phi) is 4.72. The molecule has 0 unspecified atom stereocenters. The number of para-hydroxylation sites is 1. The Bertz CT molecular complexity index is 2720. The van der Waals surface area contributed by atoms with Crippen LogP contribution in [0.5, 0.6) is 0 Å². The summed E-state index contributed by atoms with van der Waals surface area (Å²) in [6.45, 7) is 0. The maximum atomic E-state index is 8.63. The van der Waals surface area contributed by atoms with Crippen molar-refractivity contribution in [1.82, 2.24) is 15.0 Å². The van der Waals surface area contributed by atoms with E-state index in [1.165, 1.54) is 0 Å². The summed E-state index contributed by atoms with van der Waals surface area (Å²) in [6.07, 6.45) is 0. The summed E-state index contributed by atoms with van der Waals surface area (Å²) >= 11 is 0. The minimum Gasteiger partial charge on any atom is -0.455 e. The van der Waals surface area contributed by atoms with Crippen LogP contribution in [-0.2, 0) is 0 Å². The zero-order valence-electron chi connectivity index (χ0n) is 28.8. The van der Waals surface area contributed by atoms with Crippen LogP contribution in [-0.4, -0.2) is 15.0 Å². The van der Waals surface area contributed by atoms with Crippen molar-refractivity contribution >= 4 is 43.5 Å². The first-order valence-electron chi connectivity index (χ1n) is 17.1. The van der Waals surface area contributed by atoms with Crippen molar-refractivity contribution in [2.75, 3.05) is 0 Å². The van der Waals surface area contributed by atoms with Gasteiger partial charge in [0.25, 0.3) is 0 Å². The molecule has 4 nitrogen and oxygen atoms in total. The van der Waals surface area contributed by atoms with Gasteiger partial charge in [-0.05, 0) is 45.3 Å². The average molecular weight is 581 g/mol. The van der Waals surface area contributed by atoms with Crippen LogP contribution in [0.15, 0.2) is 156 Å². The van der Waals surface area contributed by atoms with Crippen molar-refractivity contribution in [2.45, 2.75) is 0 Å². The predicted molar refractivity (Wildman–Crippen MR) is 184 cm³/mol. The van der Waals surface area contributed by atoms with E-state index in [1.54, 1.807) is 12.1 Å². The standard InChI is InChI=1S/C41H25N3O/c1-2-12-28(13-3-1)33-16-8-17-34-37-35(18-9-19-36(37)45-38(33)34)41-43-39(31-22-20-26-10-4-6-14-29(26)24-31)42-40(44-41)32-23-21-27-11-5-7-15-30(27)25-32/h1-25H/i1D,2D,3D,12D,13D. The molecule has 0 bridgehead atoms. The van der Waals surface area contributed by atoms with Gasteiger partial charge in [-0.3, -0.25) is 0 Å². The normalized spacial score (nSPS) is 13.1. The fourth-order valence-corrected chi connectivity index (χ4v) is 6.03. The Labute approximate surface area is 266 Å². The number of hydrogen-bond donors (Lipinski definition) is 0. The summed E-state index contributed by atoms with van der Waals surface area (Å²) in [6, 6.07) is 37.9. The minimum absolute atomic E-state index is 0.0829. The monoisotopic (exact) mass is 580 g/mol. The lowest BCUT2D eigenvalue weighted by Gasteiger charge is -2.10. The van der Waals surface area contributed by atoms with Gasteiger partial charge in [0.05, 0.1) is 6.85 Å². The second kappa shape index (κ2) is 10.2. The molecule has 0 aliphatic rings. The predicted octanol–water partition coefficient (Wildman–Crippen LogP) is 10.7. The first kappa shape index (κ1) is 20.7. The highest BCUT2D eigenvalue weighted by atomic mass is 16.3. The van der Waals surface area contributed by atoms with E-state index in [2.05, 4.69) is 48.5 Å². The van der Waals surface area contributed by atoms with Gasteiger partial charge in [0, 0.05) is 33.0 Å². The lowest BCUT2D eigenvalue weighted by Crippen LogP contribution is -2.00. The SMILES string of the molecule is [2H]c1c([2H])c([2H])c(-c2cccc3c2oc2cccc(-c4nc(-c5ccc6ccccc6c5)nc(-c5ccc6ccccc6c5)n4)c23)c([2H])c1[2H]. The van der Waals surface area contributed by atoms with Crippen molar-refractivity contribution < 1.29 is 11.3 Å². The van der Waals surface area contributed by atoms with Crippen LogP contribution in [0.25, 0.3) is 88.8 Å². The van der Waals surface area contributed by atoms with Crippen molar-refractivity contribution in [3.63, 3.8) is 0 Å². The van der Waals surface area contributed by atoms with E-state index in [0.29, 0.717) is 45.2 Å². The number of nitrogens with zero attached hydrogens (tertiary/aromatic N) is 3. The van der Waals surface area contributed by atoms with Gasteiger partial charge in [0.15, 0.2) is 17.5 Å². The summed E-state index contributed by atoms with van der Waals surface area (Å²) < 4.78 is 48.3. The summed E-state index contributed by atoms with van der Waals surface area (Å²) in [5.41, 5.74) is 3.87. The van der Waals surface area contributed by atoms with E-state index < -0.39 is 18.1 Å². The Morgan fingerprint density at radius 1 is 0.467 bits per heavy atom. The van der Waals surface area contributed by atoms with Crippen LogP contribution < -0.4 is 0 Å². The number of benzene rings is 7. The largest absolute Gasteiger partial charge is 0.455 e. The van der Waals surface area contributed by atoms with Crippen molar-refractivity contribution in [1.29, 1.82) is 0 Å². The Hall–Kier alpha value is -6.13. The summed E-state index contributed by atoms with van der Waals surface area (Å²) in [5, 5.41) is 5.83. The molecule has 0 atom stereocenters. The molecule has 2 heterocycles. The van der Waals surface area contributed by atoms with Crippen LogP contribution in [0.2, 0.25) is 0 Å². The van der Waals surface area contributed by atoms with E-state index in [4.69, 9.17) is 26.2 Å². The molecule has 0 N–H and O–H groups in total. The third kappa shape index (κ3) is 4.35. The summed E-state index contributed by atoms with van der Waals surface area (Å²) in [7, 11) is 0. The summed E-state index contributed by atoms with van der Waals surface area (Å²) in [5.74, 6) is 1.50. The van der Waals surface area contributed by atoms with E-state index in [-0.39, 0.29) is 17.6 Å². The fraction of sp³-hybridized carbons (Fsp3) is 0. The van der Waals surface area contributed by atoms with E-state index in [1.807, 2.05) is 60.7 Å². The zero-order valence-corrected chi connectivity index (χ0v) is 23.8.